The Labute approximate surface area is 180 Å². The number of aromatic amines is 1. The zero-order valence-electron chi connectivity index (χ0n) is 16.6. The molecule has 0 aliphatic heterocycles. The first-order valence-electron chi connectivity index (χ1n) is 9.77. The molecule has 162 valence electrons. The van der Waals surface area contributed by atoms with Crippen molar-refractivity contribution >= 4 is 27.9 Å². The van der Waals surface area contributed by atoms with E-state index in [1.165, 1.54) is 23.5 Å². The number of allylic oxidation sites excluding steroid dienone is 1. The summed E-state index contributed by atoms with van der Waals surface area (Å²) >= 11 is 1.24. The van der Waals surface area contributed by atoms with Crippen molar-refractivity contribution < 1.29 is 22.6 Å². The predicted molar refractivity (Wildman–Crippen MR) is 108 cm³/mol. The third kappa shape index (κ3) is 4.66. The molecule has 1 fully saturated rings. The first-order valence-corrected chi connectivity index (χ1v) is 10.7. The number of carbonyl (C=O) groups is 1. The minimum Gasteiger partial charge on any atom is -0.298 e. The second-order valence-electron chi connectivity index (χ2n) is 7.33. The number of tetrazole rings is 1. The van der Waals surface area contributed by atoms with Crippen LogP contribution in [0.15, 0.2) is 35.9 Å². The van der Waals surface area contributed by atoms with E-state index >= 15 is 0 Å². The van der Waals surface area contributed by atoms with E-state index in [1.807, 2.05) is 0 Å². The van der Waals surface area contributed by atoms with E-state index in [0.29, 0.717) is 5.13 Å². The molecule has 7 nitrogen and oxygen atoms in total. The molecule has 0 spiro atoms. The van der Waals surface area contributed by atoms with Crippen LogP contribution in [-0.2, 0) is 11.0 Å². The lowest BCUT2D eigenvalue weighted by atomic mass is 9.96. The van der Waals surface area contributed by atoms with Gasteiger partial charge in [0.1, 0.15) is 10.8 Å². The molecular weight excluding hydrogens is 429 g/mol. The standard InChI is InChI=1S/C20H19F3N6OS/c1-12-26-27-28-29(12)17-7-6-14(11-16(17)20(21,22)23)15(10-13-4-2-3-5-13)18(30)25-19-24-8-9-31-19/h6-11,13H,2-5H2,1H3,(H,24,25,30)/p+1/b15-10+. The maximum absolute atomic E-state index is 13.9. The lowest BCUT2D eigenvalue weighted by Gasteiger charge is -2.15. The number of aromatic nitrogens is 5. The highest BCUT2D eigenvalue weighted by Gasteiger charge is 2.37. The van der Waals surface area contributed by atoms with Crippen LogP contribution in [0.1, 0.15) is 42.6 Å². The molecule has 1 aliphatic rings. The largest absolute Gasteiger partial charge is 0.419 e. The highest BCUT2D eigenvalue weighted by molar-refractivity contribution is 7.13. The van der Waals surface area contributed by atoms with E-state index in [9.17, 15) is 18.0 Å². The monoisotopic (exact) mass is 449 g/mol. The number of hydrogen-bond acceptors (Lipinski definition) is 5. The topological polar surface area (TPSA) is 87.4 Å². The van der Waals surface area contributed by atoms with E-state index in [1.54, 1.807) is 24.6 Å². The van der Waals surface area contributed by atoms with E-state index in [-0.39, 0.29) is 28.6 Å². The van der Waals surface area contributed by atoms with Gasteiger partial charge in [-0.1, -0.05) is 30.2 Å². The van der Waals surface area contributed by atoms with Crippen LogP contribution >= 0.6 is 11.3 Å². The average molecular weight is 449 g/mol. The van der Waals surface area contributed by atoms with Gasteiger partial charge in [-0.15, -0.1) is 16.0 Å². The number of amides is 1. The fourth-order valence-corrected chi connectivity index (χ4v) is 4.25. The third-order valence-corrected chi connectivity index (χ3v) is 5.91. The van der Waals surface area contributed by atoms with Crippen molar-refractivity contribution in [2.75, 3.05) is 5.32 Å². The molecule has 31 heavy (non-hydrogen) atoms. The minimum absolute atomic E-state index is 0.140. The first-order chi connectivity index (χ1) is 14.8. The number of halogens is 3. The quantitative estimate of drug-likeness (QED) is 0.454. The predicted octanol–water partition coefficient (Wildman–Crippen LogP) is 4.08. The molecule has 4 rings (SSSR count). The van der Waals surface area contributed by atoms with E-state index in [0.717, 1.165) is 36.4 Å². The molecule has 2 N–H and O–H groups in total. The number of thiazole rings is 1. The van der Waals surface area contributed by atoms with Crippen molar-refractivity contribution in [3.05, 3.63) is 52.8 Å². The van der Waals surface area contributed by atoms with Gasteiger partial charge in [-0.3, -0.25) is 10.1 Å². The molecule has 0 unspecified atom stereocenters. The normalized spacial score (nSPS) is 15.4. The van der Waals surface area contributed by atoms with Crippen LogP contribution in [0.2, 0.25) is 0 Å². The fourth-order valence-electron chi connectivity index (χ4n) is 3.72. The van der Waals surface area contributed by atoms with E-state index in [4.69, 9.17) is 0 Å². The van der Waals surface area contributed by atoms with E-state index in [2.05, 4.69) is 25.8 Å². The average Bonchev–Trinajstić information content (AvgIpc) is 3.48. The molecule has 1 aromatic carbocycles. The Morgan fingerprint density at radius 1 is 1.32 bits per heavy atom. The summed E-state index contributed by atoms with van der Waals surface area (Å²) in [5, 5.41) is 14.5. The van der Waals surface area contributed by atoms with Crippen molar-refractivity contribution in [1.29, 1.82) is 0 Å². The maximum Gasteiger partial charge on any atom is 0.419 e. The molecule has 1 amide bonds. The van der Waals surface area contributed by atoms with Crippen molar-refractivity contribution in [2.45, 2.75) is 38.8 Å². The van der Waals surface area contributed by atoms with Crippen LogP contribution in [0.4, 0.5) is 18.3 Å². The Morgan fingerprint density at radius 3 is 2.71 bits per heavy atom. The van der Waals surface area contributed by atoms with Crippen LogP contribution in [0.25, 0.3) is 11.3 Å². The van der Waals surface area contributed by atoms with Gasteiger partial charge in [-0.25, -0.2) is 4.98 Å². The molecule has 1 saturated carbocycles. The Kier molecular flexibility index (Phi) is 5.86. The van der Waals surface area contributed by atoms with Gasteiger partial charge in [0.05, 0.1) is 5.56 Å². The van der Waals surface area contributed by atoms with Crippen molar-refractivity contribution in [3.8, 4) is 5.69 Å². The van der Waals surface area contributed by atoms with Crippen molar-refractivity contribution in [2.24, 2.45) is 5.92 Å². The Hall–Kier alpha value is -3.08. The molecule has 3 aromatic rings. The molecule has 2 aromatic heterocycles. The summed E-state index contributed by atoms with van der Waals surface area (Å²) in [4.78, 5) is 17.0. The summed E-state index contributed by atoms with van der Waals surface area (Å²) < 4.78 is 42.9. The minimum atomic E-state index is -4.64. The summed E-state index contributed by atoms with van der Waals surface area (Å²) in [6.45, 7) is 1.55. The van der Waals surface area contributed by atoms with Crippen LogP contribution in [-0.4, -0.2) is 26.4 Å². The lowest BCUT2D eigenvalue weighted by Crippen LogP contribution is -2.38. The van der Waals surface area contributed by atoms with Gasteiger partial charge >= 0.3 is 12.0 Å². The zero-order chi connectivity index (χ0) is 22.0. The first kappa shape index (κ1) is 21.2. The van der Waals surface area contributed by atoms with Crippen LogP contribution in [0.5, 0.6) is 0 Å². The SMILES string of the molecule is Cc1nn[nH][n+]1-c1ccc(/C(=C\C2CCCC2)C(=O)Nc2nccs2)cc1C(F)(F)F. The van der Waals surface area contributed by atoms with Crippen LogP contribution < -0.4 is 10.00 Å². The van der Waals surface area contributed by atoms with Gasteiger partial charge in [-0.2, -0.15) is 13.2 Å². The highest BCUT2D eigenvalue weighted by atomic mass is 32.1. The van der Waals surface area contributed by atoms with Gasteiger partial charge in [0.25, 0.3) is 5.91 Å². The summed E-state index contributed by atoms with van der Waals surface area (Å²) in [5.41, 5.74) is -0.616. The van der Waals surface area contributed by atoms with E-state index < -0.39 is 17.6 Å². The molecule has 0 atom stereocenters. The summed E-state index contributed by atoms with van der Waals surface area (Å²) in [7, 11) is 0. The van der Waals surface area contributed by atoms with Gasteiger partial charge in [0, 0.05) is 24.1 Å². The molecular formula is C20H20F3N6OS+. The van der Waals surface area contributed by atoms with Gasteiger partial charge in [0.15, 0.2) is 10.3 Å². The molecule has 11 heteroatoms. The van der Waals surface area contributed by atoms with Gasteiger partial charge < -0.3 is 0 Å². The number of carbonyl (C=O) groups excluding carboxylic acids is 1. The van der Waals surface area contributed by atoms with Crippen molar-refractivity contribution in [3.63, 3.8) is 0 Å². The molecule has 1 aliphatic carbocycles. The zero-order valence-corrected chi connectivity index (χ0v) is 17.4. The highest BCUT2D eigenvalue weighted by Crippen LogP contribution is 2.36. The number of anilines is 1. The summed E-state index contributed by atoms with van der Waals surface area (Å²) in [5.74, 6) is -0.0456. The molecule has 0 radical (unpaired) electrons. The Bertz CT molecular complexity index is 1100. The third-order valence-electron chi connectivity index (χ3n) is 5.22. The van der Waals surface area contributed by atoms with Gasteiger partial charge in [-0.05, 0) is 36.5 Å². The smallest absolute Gasteiger partial charge is 0.298 e. The summed E-state index contributed by atoms with van der Waals surface area (Å²) in [6, 6.07) is 3.84. The number of H-pyrrole nitrogens is 1. The lowest BCUT2D eigenvalue weighted by molar-refractivity contribution is -0.667. The van der Waals surface area contributed by atoms with Crippen molar-refractivity contribution in [1.82, 2.24) is 20.5 Å². The number of benzene rings is 1. The van der Waals surface area contributed by atoms with Crippen LogP contribution in [0, 0.1) is 12.8 Å². The fraction of sp³-hybridized carbons (Fsp3) is 0.350. The maximum atomic E-state index is 13.9. The molecule has 0 saturated heterocycles. The second kappa shape index (κ2) is 8.58. The number of aryl methyl sites for hydroxylation is 1. The molecule has 0 bridgehead atoms. The second-order valence-corrected chi connectivity index (χ2v) is 8.22. The number of alkyl halides is 3. The molecule has 2 heterocycles. The Morgan fingerprint density at radius 2 is 2.10 bits per heavy atom. The van der Waals surface area contributed by atoms with Crippen LogP contribution in [0.3, 0.4) is 0 Å². The number of hydrogen-bond donors (Lipinski definition) is 2. The number of nitrogens with one attached hydrogen (secondary N) is 2. The van der Waals surface area contributed by atoms with Gasteiger partial charge in [0.2, 0.25) is 0 Å². The number of rotatable bonds is 5. The Balaban J connectivity index is 1.79. The number of nitrogens with zero attached hydrogens (tertiary/aromatic N) is 4. The summed E-state index contributed by atoms with van der Waals surface area (Å²) in [6.07, 6.45) is 2.60.